The lowest BCUT2D eigenvalue weighted by Gasteiger charge is -2.19. The zero-order chi connectivity index (χ0) is 27.7. The minimum Gasteiger partial charge on any atom is -0.491 e. The van der Waals surface area contributed by atoms with Crippen LogP contribution in [0.2, 0.25) is 0 Å². The molecule has 0 radical (unpaired) electrons. The van der Waals surface area contributed by atoms with Gasteiger partial charge in [-0.1, -0.05) is 24.0 Å². The third-order valence-electron chi connectivity index (χ3n) is 6.86. The fourth-order valence-electron chi connectivity index (χ4n) is 4.71. The molecule has 0 saturated heterocycles. The summed E-state index contributed by atoms with van der Waals surface area (Å²) in [5.74, 6) is 7.33. The number of fused-ring (bicyclic) bond motifs is 4. The Bertz CT molecular complexity index is 1640. The molecular weight excluding hydrogens is 496 g/mol. The van der Waals surface area contributed by atoms with Gasteiger partial charge in [0.2, 0.25) is 6.41 Å². The summed E-state index contributed by atoms with van der Waals surface area (Å²) in [5.41, 5.74) is 8.56. The van der Waals surface area contributed by atoms with E-state index >= 15 is 0 Å². The van der Waals surface area contributed by atoms with Crippen LogP contribution in [-0.4, -0.2) is 67.2 Å². The number of rotatable bonds is 7. The molecule has 5 rings (SSSR count). The third-order valence-corrected chi connectivity index (χ3v) is 6.86. The second kappa shape index (κ2) is 10.3. The number of aliphatic hydroxyl groups is 1. The van der Waals surface area contributed by atoms with Gasteiger partial charge in [-0.3, -0.25) is 9.59 Å². The number of imidazole rings is 2. The van der Waals surface area contributed by atoms with Crippen molar-refractivity contribution in [2.45, 2.75) is 39.0 Å². The molecule has 1 atom stereocenters. The van der Waals surface area contributed by atoms with E-state index in [1.165, 1.54) is 4.90 Å². The summed E-state index contributed by atoms with van der Waals surface area (Å²) in [6.45, 7) is 5.15. The number of hydrogen-bond donors (Lipinski definition) is 2. The average Bonchev–Trinajstić information content (AvgIpc) is 3.37. The van der Waals surface area contributed by atoms with Crippen molar-refractivity contribution in [3.8, 4) is 29.0 Å². The number of nitrogens with zero attached hydrogens (tertiary/aromatic N) is 5. The first-order valence-corrected chi connectivity index (χ1v) is 12.7. The highest BCUT2D eigenvalue weighted by Crippen LogP contribution is 2.35. The van der Waals surface area contributed by atoms with Gasteiger partial charge >= 0.3 is 0 Å². The smallest absolute Gasteiger partial charge is 0.269 e. The van der Waals surface area contributed by atoms with Crippen LogP contribution in [0.25, 0.3) is 22.4 Å². The minimum absolute atomic E-state index is 0.203. The number of para-hydroxylation sites is 2. The van der Waals surface area contributed by atoms with Crippen LogP contribution < -0.4 is 10.5 Å². The maximum absolute atomic E-state index is 12.5. The molecule has 3 heterocycles. The maximum Gasteiger partial charge on any atom is 0.269 e. The Kier molecular flexibility index (Phi) is 6.85. The van der Waals surface area contributed by atoms with Gasteiger partial charge in [-0.2, -0.15) is 0 Å². The van der Waals surface area contributed by atoms with Gasteiger partial charge in [-0.15, -0.1) is 0 Å². The van der Waals surface area contributed by atoms with Crippen LogP contribution in [0.1, 0.15) is 40.9 Å². The lowest BCUT2D eigenvalue weighted by Crippen LogP contribution is -2.29. The molecular formula is C29H30N6O4. The molecule has 0 aliphatic carbocycles. The van der Waals surface area contributed by atoms with E-state index < -0.39 is 11.5 Å². The normalized spacial score (nSPS) is 13.7. The molecule has 3 N–H and O–H groups in total. The molecule has 200 valence electrons. The van der Waals surface area contributed by atoms with Gasteiger partial charge in [-0.25, -0.2) is 9.97 Å². The Balaban J connectivity index is 1.55. The van der Waals surface area contributed by atoms with Crippen molar-refractivity contribution >= 4 is 23.4 Å². The Labute approximate surface area is 226 Å². The number of benzene rings is 2. The van der Waals surface area contributed by atoms with E-state index in [1.54, 1.807) is 14.0 Å². The van der Waals surface area contributed by atoms with Crippen molar-refractivity contribution in [3.05, 3.63) is 65.2 Å². The van der Waals surface area contributed by atoms with Crippen molar-refractivity contribution < 1.29 is 19.4 Å². The maximum atomic E-state index is 12.5. The Morgan fingerprint density at radius 3 is 2.85 bits per heavy atom. The molecule has 2 amide bonds. The number of carbonyl (C=O) groups excluding carboxylic acids is 2. The lowest BCUT2D eigenvalue weighted by atomic mass is 10.0. The third kappa shape index (κ3) is 5.22. The molecule has 0 fully saturated rings. The number of aryl methyl sites for hydroxylation is 1. The van der Waals surface area contributed by atoms with Crippen molar-refractivity contribution in [2.75, 3.05) is 20.2 Å². The molecule has 39 heavy (non-hydrogen) atoms. The Morgan fingerprint density at radius 2 is 2.08 bits per heavy atom. The van der Waals surface area contributed by atoms with Gasteiger partial charge in [-0.05, 0) is 44.2 Å². The van der Waals surface area contributed by atoms with Crippen LogP contribution in [0.4, 0.5) is 0 Å². The summed E-state index contributed by atoms with van der Waals surface area (Å²) < 4.78 is 10.0. The first-order chi connectivity index (χ1) is 18.7. The van der Waals surface area contributed by atoms with E-state index in [0.717, 1.165) is 16.9 Å². The number of aromatic nitrogens is 4. The zero-order valence-electron chi connectivity index (χ0n) is 22.1. The predicted molar refractivity (Wildman–Crippen MR) is 146 cm³/mol. The van der Waals surface area contributed by atoms with Gasteiger partial charge in [0.25, 0.3) is 5.91 Å². The van der Waals surface area contributed by atoms with E-state index in [4.69, 9.17) is 10.5 Å². The van der Waals surface area contributed by atoms with Crippen molar-refractivity contribution in [2.24, 2.45) is 5.73 Å². The van der Waals surface area contributed by atoms with E-state index in [9.17, 15) is 14.7 Å². The predicted octanol–water partition coefficient (Wildman–Crippen LogP) is 2.33. The minimum atomic E-state index is -1.28. The molecule has 1 unspecified atom stereocenters. The van der Waals surface area contributed by atoms with E-state index in [1.807, 2.05) is 58.5 Å². The summed E-state index contributed by atoms with van der Waals surface area (Å²) in [7, 11) is 1.65. The lowest BCUT2D eigenvalue weighted by molar-refractivity contribution is -0.117. The Morgan fingerprint density at radius 1 is 1.28 bits per heavy atom. The van der Waals surface area contributed by atoms with Crippen LogP contribution in [-0.2, 0) is 17.9 Å². The molecule has 10 heteroatoms. The molecule has 2 aromatic heterocycles. The molecule has 0 bridgehead atoms. The van der Waals surface area contributed by atoms with Gasteiger partial charge in [0.05, 0.1) is 35.4 Å². The first kappa shape index (κ1) is 26.0. The number of carbonyl (C=O) groups is 2. The standard InChI is InChI=1S/C29H30N6O4/c1-19-31-22-6-4-5-7-23(22)35(19)17-24-26(27(30)37)32-28-21-16-20(8-9-25(21)39-15-14-34(24)28)10-11-29(2,38)12-13-33(3)18-36/h4-9,16,18,38H,12-15,17H2,1-3H3,(H2,30,37). The molecule has 4 aromatic rings. The molecule has 1 aliphatic heterocycles. The highest BCUT2D eigenvalue weighted by atomic mass is 16.5. The van der Waals surface area contributed by atoms with Gasteiger partial charge in [0, 0.05) is 25.6 Å². The largest absolute Gasteiger partial charge is 0.491 e. The summed E-state index contributed by atoms with van der Waals surface area (Å²) in [6, 6.07) is 13.3. The second-order valence-electron chi connectivity index (χ2n) is 9.90. The SMILES string of the molecule is Cc1nc2ccccc2n1Cc1c(C(N)=O)nc2n1CCOc1ccc(C#CC(C)(O)CCN(C)C=O)cc1-2. The number of ether oxygens (including phenoxy) is 1. The Hall–Kier alpha value is -4.62. The van der Waals surface area contributed by atoms with Gasteiger partial charge in [0.15, 0.2) is 5.69 Å². The van der Waals surface area contributed by atoms with E-state index in [0.29, 0.717) is 67.5 Å². The molecule has 0 saturated carbocycles. The zero-order valence-corrected chi connectivity index (χ0v) is 22.1. The topological polar surface area (TPSA) is 129 Å². The highest BCUT2D eigenvalue weighted by molar-refractivity contribution is 5.93. The van der Waals surface area contributed by atoms with Crippen LogP contribution >= 0.6 is 0 Å². The number of nitrogens with two attached hydrogens (primary N) is 1. The van der Waals surface area contributed by atoms with Crippen molar-refractivity contribution in [3.63, 3.8) is 0 Å². The van der Waals surface area contributed by atoms with Crippen LogP contribution in [0.3, 0.4) is 0 Å². The molecule has 10 nitrogen and oxygen atoms in total. The summed E-state index contributed by atoms with van der Waals surface area (Å²) in [6.07, 6.45) is 1.02. The summed E-state index contributed by atoms with van der Waals surface area (Å²) >= 11 is 0. The fourth-order valence-corrected chi connectivity index (χ4v) is 4.71. The monoisotopic (exact) mass is 526 g/mol. The number of amides is 2. The fraction of sp³-hybridized carbons (Fsp3) is 0.310. The van der Waals surface area contributed by atoms with Crippen LogP contribution in [0, 0.1) is 18.8 Å². The average molecular weight is 527 g/mol. The quantitative estimate of drug-likeness (QED) is 0.281. The van der Waals surface area contributed by atoms with Crippen molar-refractivity contribution in [1.82, 2.24) is 24.0 Å². The number of primary amides is 1. The van der Waals surface area contributed by atoms with Crippen LogP contribution in [0.5, 0.6) is 5.75 Å². The highest BCUT2D eigenvalue weighted by Gasteiger charge is 2.27. The van der Waals surface area contributed by atoms with Gasteiger partial charge < -0.3 is 29.6 Å². The van der Waals surface area contributed by atoms with Crippen molar-refractivity contribution in [1.29, 1.82) is 0 Å². The van der Waals surface area contributed by atoms with Gasteiger partial charge in [0.1, 0.15) is 29.6 Å². The van der Waals surface area contributed by atoms with E-state index in [-0.39, 0.29) is 5.69 Å². The summed E-state index contributed by atoms with van der Waals surface area (Å²) in [4.78, 5) is 34.2. The summed E-state index contributed by atoms with van der Waals surface area (Å²) in [5, 5.41) is 10.7. The van der Waals surface area contributed by atoms with Crippen LogP contribution in [0.15, 0.2) is 42.5 Å². The molecule has 1 aliphatic rings. The second-order valence-corrected chi connectivity index (χ2v) is 9.90. The molecule has 2 aromatic carbocycles. The number of hydrogen-bond acceptors (Lipinski definition) is 6. The molecule has 0 spiro atoms. The first-order valence-electron chi connectivity index (χ1n) is 12.7. The van der Waals surface area contributed by atoms with E-state index in [2.05, 4.69) is 21.8 Å².